The van der Waals surface area contributed by atoms with E-state index < -0.39 is 5.97 Å². The summed E-state index contributed by atoms with van der Waals surface area (Å²) >= 11 is 0. The topological polar surface area (TPSA) is 61.6 Å². The van der Waals surface area contributed by atoms with Gasteiger partial charge in [-0.15, -0.1) is 0 Å². The Morgan fingerprint density at radius 2 is 1.80 bits per heavy atom. The van der Waals surface area contributed by atoms with Gasteiger partial charge in [-0.1, -0.05) is 30.3 Å². The molecule has 0 aliphatic heterocycles. The summed E-state index contributed by atoms with van der Waals surface area (Å²) in [7, 11) is 1.65. The molecule has 0 aromatic heterocycles. The van der Waals surface area contributed by atoms with E-state index in [1.165, 1.54) is 0 Å². The molecule has 1 unspecified atom stereocenters. The van der Waals surface area contributed by atoms with Crippen LogP contribution in [0.25, 0.3) is 0 Å². The first kappa shape index (κ1) is 11.4. The molecule has 0 aliphatic carbocycles. The van der Waals surface area contributed by atoms with Gasteiger partial charge in [0.25, 0.3) is 0 Å². The van der Waals surface area contributed by atoms with E-state index in [-0.39, 0.29) is 18.9 Å². The van der Waals surface area contributed by atoms with Gasteiger partial charge in [0.2, 0.25) is 5.78 Å². The molecule has 0 saturated heterocycles. The average molecular weight is 207 g/mol. The number of carbonyl (C=O) groups excluding carboxylic acids is 2. The molecule has 15 heavy (non-hydrogen) atoms. The smallest absolute Gasteiger partial charge is 0.216 e. The molecule has 1 rings (SSSR count). The van der Waals surface area contributed by atoms with Crippen molar-refractivity contribution in [3.05, 3.63) is 35.9 Å². The summed E-state index contributed by atoms with van der Waals surface area (Å²) in [5, 5.41) is 10.3. The van der Waals surface area contributed by atoms with E-state index in [0.29, 0.717) is 10.5 Å². The van der Waals surface area contributed by atoms with Crippen LogP contribution in [0.2, 0.25) is 0 Å². The molecule has 4 nitrogen and oxygen atoms in total. The highest BCUT2D eigenvalue weighted by molar-refractivity contribution is 5.96. The number of carboxylic acids is 1. The zero-order valence-electron chi connectivity index (χ0n) is 8.53. The summed E-state index contributed by atoms with van der Waals surface area (Å²) < 4.78 is 0. The number of Topliss-reactive ketones (excluding diaryl/α,β-unsaturated/α-hetero) is 1. The molecule has 0 heterocycles. The molecule has 1 aromatic carbocycles. The van der Waals surface area contributed by atoms with Crippen molar-refractivity contribution < 1.29 is 19.6 Å². The number of hydrogen-bond acceptors (Lipinski definition) is 3. The lowest BCUT2D eigenvalue weighted by molar-refractivity contribution is -0.864. The normalized spacial score (nSPS) is 12.1. The van der Waals surface area contributed by atoms with Crippen LogP contribution in [0.3, 0.4) is 0 Å². The minimum absolute atomic E-state index is 0.0608. The van der Waals surface area contributed by atoms with E-state index in [9.17, 15) is 14.7 Å². The van der Waals surface area contributed by atoms with Crippen LogP contribution in [0.4, 0.5) is 0 Å². The monoisotopic (exact) mass is 207 g/mol. The molecule has 0 radical (unpaired) electrons. The Morgan fingerprint density at radius 3 is 2.33 bits per heavy atom. The minimum Gasteiger partial charge on any atom is -0.544 e. The lowest BCUT2D eigenvalue weighted by atomic mass is 10.1. The largest absolute Gasteiger partial charge is 0.544 e. The van der Waals surface area contributed by atoms with Crippen molar-refractivity contribution in [2.75, 3.05) is 20.1 Å². The quantitative estimate of drug-likeness (QED) is 0.576. The third-order valence-electron chi connectivity index (χ3n) is 2.00. The van der Waals surface area contributed by atoms with Gasteiger partial charge in [-0.2, -0.15) is 0 Å². The van der Waals surface area contributed by atoms with Gasteiger partial charge in [0.05, 0.1) is 13.0 Å². The summed E-state index contributed by atoms with van der Waals surface area (Å²) in [6.07, 6.45) is 0. The van der Waals surface area contributed by atoms with Crippen molar-refractivity contribution in [3.8, 4) is 0 Å². The number of benzene rings is 1. The third kappa shape index (κ3) is 3.91. The van der Waals surface area contributed by atoms with E-state index in [4.69, 9.17) is 0 Å². The van der Waals surface area contributed by atoms with E-state index in [1.54, 1.807) is 31.3 Å². The van der Waals surface area contributed by atoms with Crippen molar-refractivity contribution in [1.29, 1.82) is 0 Å². The van der Waals surface area contributed by atoms with Crippen molar-refractivity contribution in [2.45, 2.75) is 0 Å². The number of quaternary nitrogens is 1. The van der Waals surface area contributed by atoms with Crippen LogP contribution in [0, 0.1) is 0 Å². The van der Waals surface area contributed by atoms with Crippen LogP contribution >= 0.6 is 0 Å². The van der Waals surface area contributed by atoms with Crippen LogP contribution in [-0.2, 0) is 4.79 Å². The second-order valence-electron chi connectivity index (χ2n) is 3.47. The molecule has 0 amide bonds. The Hall–Kier alpha value is -1.68. The Balaban J connectivity index is 2.53. The van der Waals surface area contributed by atoms with E-state index in [0.717, 1.165) is 0 Å². The molecule has 80 valence electrons. The molecule has 4 heteroatoms. The molecule has 0 spiro atoms. The van der Waals surface area contributed by atoms with Crippen LogP contribution < -0.4 is 10.0 Å². The Kier molecular flexibility index (Phi) is 4.00. The fraction of sp³-hybridized carbons (Fsp3) is 0.273. The summed E-state index contributed by atoms with van der Waals surface area (Å²) in [4.78, 5) is 22.5. The van der Waals surface area contributed by atoms with Crippen LogP contribution in [0.5, 0.6) is 0 Å². The maximum absolute atomic E-state index is 11.6. The number of carboxylic acid groups (broad SMARTS) is 1. The van der Waals surface area contributed by atoms with Crippen LogP contribution in [-0.4, -0.2) is 31.9 Å². The molecule has 0 aliphatic rings. The molecule has 0 fully saturated rings. The minimum atomic E-state index is -1.15. The van der Waals surface area contributed by atoms with Gasteiger partial charge in [-0.3, -0.25) is 4.79 Å². The maximum Gasteiger partial charge on any atom is 0.216 e. The molecular formula is C11H13NO3. The second kappa shape index (κ2) is 5.26. The van der Waals surface area contributed by atoms with Crippen molar-refractivity contribution in [3.63, 3.8) is 0 Å². The molecular weight excluding hydrogens is 194 g/mol. The number of likely N-dealkylation sites (N-methyl/N-ethyl adjacent to an activating group) is 1. The van der Waals surface area contributed by atoms with Crippen LogP contribution in [0.1, 0.15) is 10.4 Å². The summed E-state index contributed by atoms with van der Waals surface area (Å²) in [5.41, 5.74) is 0.607. The summed E-state index contributed by atoms with van der Waals surface area (Å²) in [6.45, 7) is 0.0105. The summed E-state index contributed by atoms with van der Waals surface area (Å²) in [5.74, 6) is -1.21. The highest BCUT2D eigenvalue weighted by Gasteiger charge is 2.11. The third-order valence-corrected chi connectivity index (χ3v) is 2.00. The molecule has 1 aromatic rings. The van der Waals surface area contributed by atoms with Gasteiger partial charge < -0.3 is 14.8 Å². The Morgan fingerprint density at radius 1 is 1.20 bits per heavy atom. The lowest BCUT2D eigenvalue weighted by Gasteiger charge is -2.13. The maximum atomic E-state index is 11.6. The van der Waals surface area contributed by atoms with Crippen molar-refractivity contribution in [2.24, 2.45) is 0 Å². The number of ketones is 1. The molecule has 1 atom stereocenters. The van der Waals surface area contributed by atoms with Crippen molar-refractivity contribution >= 4 is 11.8 Å². The fourth-order valence-electron chi connectivity index (χ4n) is 1.31. The zero-order valence-corrected chi connectivity index (χ0v) is 8.53. The first-order valence-corrected chi connectivity index (χ1v) is 4.69. The van der Waals surface area contributed by atoms with Crippen LogP contribution in [0.15, 0.2) is 30.3 Å². The number of rotatable bonds is 5. The highest BCUT2D eigenvalue weighted by atomic mass is 16.4. The lowest BCUT2D eigenvalue weighted by Crippen LogP contribution is -3.11. The Bertz CT molecular complexity index is 348. The number of carbonyl (C=O) groups is 2. The predicted molar refractivity (Wildman–Crippen MR) is 52.4 cm³/mol. The van der Waals surface area contributed by atoms with Gasteiger partial charge in [0.15, 0.2) is 0 Å². The first-order chi connectivity index (χ1) is 7.09. The Labute approximate surface area is 88.1 Å². The van der Waals surface area contributed by atoms with Gasteiger partial charge in [-0.25, -0.2) is 0 Å². The molecule has 1 N–H and O–H groups in total. The predicted octanol–water partition coefficient (Wildman–Crippen LogP) is -1.87. The van der Waals surface area contributed by atoms with Crippen molar-refractivity contribution in [1.82, 2.24) is 0 Å². The SMILES string of the molecule is C[NH+](CC(=O)[O-])CC(=O)c1ccccc1. The molecule has 0 saturated carbocycles. The van der Waals surface area contributed by atoms with Gasteiger partial charge in [0, 0.05) is 5.56 Å². The highest BCUT2D eigenvalue weighted by Crippen LogP contribution is 1.97. The van der Waals surface area contributed by atoms with E-state index in [2.05, 4.69) is 0 Å². The summed E-state index contributed by atoms with van der Waals surface area (Å²) in [6, 6.07) is 8.82. The van der Waals surface area contributed by atoms with Gasteiger partial charge >= 0.3 is 0 Å². The standard InChI is InChI=1S/C11H13NO3/c1-12(8-11(14)15)7-10(13)9-5-3-2-4-6-9/h2-6H,7-8H2,1H3,(H,14,15). The second-order valence-corrected chi connectivity index (χ2v) is 3.47. The number of hydrogen-bond donors (Lipinski definition) is 1. The van der Waals surface area contributed by atoms with E-state index >= 15 is 0 Å². The van der Waals surface area contributed by atoms with Gasteiger partial charge in [0.1, 0.15) is 13.1 Å². The fourth-order valence-corrected chi connectivity index (χ4v) is 1.31. The number of nitrogens with one attached hydrogen (secondary N) is 1. The van der Waals surface area contributed by atoms with Gasteiger partial charge in [-0.05, 0) is 0 Å². The molecule has 0 bridgehead atoms. The average Bonchev–Trinajstić information content (AvgIpc) is 2.17. The first-order valence-electron chi connectivity index (χ1n) is 4.69. The van der Waals surface area contributed by atoms with E-state index in [1.807, 2.05) is 6.07 Å². The zero-order chi connectivity index (χ0) is 11.3. The number of aliphatic carboxylic acids is 1.